The van der Waals surface area contributed by atoms with Crippen molar-refractivity contribution in [2.45, 2.75) is 12.1 Å². The summed E-state index contributed by atoms with van der Waals surface area (Å²) in [6.07, 6.45) is 0. The lowest BCUT2D eigenvalue weighted by Gasteiger charge is -2.05. The Morgan fingerprint density at radius 3 is 2.88 bits per heavy atom. The second-order valence-corrected chi connectivity index (χ2v) is 7.18. The van der Waals surface area contributed by atoms with E-state index < -0.39 is 0 Å². The van der Waals surface area contributed by atoms with Crippen LogP contribution in [0.25, 0.3) is 11.4 Å². The van der Waals surface area contributed by atoms with Gasteiger partial charge >= 0.3 is 0 Å². The Morgan fingerprint density at radius 2 is 2.17 bits per heavy atom. The molecule has 2 heterocycles. The van der Waals surface area contributed by atoms with E-state index in [9.17, 15) is 4.79 Å². The molecule has 3 aromatic rings. The Bertz CT molecular complexity index is 876. The lowest BCUT2D eigenvalue weighted by molar-refractivity contribution is -0.113. The summed E-state index contributed by atoms with van der Waals surface area (Å²) in [6, 6.07) is 7.45. The summed E-state index contributed by atoms with van der Waals surface area (Å²) in [5.41, 5.74) is 1.70. The van der Waals surface area contributed by atoms with Crippen molar-refractivity contribution >= 4 is 45.7 Å². The highest BCUT2D eigenvalue weighted by molar-refractivity contribution is 7.99. The minimum atomic E-state index is -0.128. The molecule has 3 rings (SSSR count). The number of thioether (sulfide) groups is 1. The Balaban J connectivity index is 1.66. The predicted octanol–water partition coefficient (Wildman–Crippen LogP) is 3.63. The molecule has 9 heteroatoms. The Labute approximate surface area is 152 Å². The minimum Gasteiger partial charge on any atom is -0.305 e. The normalized spacial score (nSPS) is 10.8. The molecule has 2 aromatic heterocycles. The summed E-state index contributed by atoms with van der Waals surface area (Å²) in [5, 5.41) is 14.8. The molecule has 1 amide bonds. The van der Waals surface area contributed by atoms with Crippen LogP contribution in [-0.4, -0.2) is 31.4 Å². The van der Waals surface area contributed by atoms with Crippen LogP contribution in [0.2, 0.25) is 5.02 Å². The van der Waals surface area contributed by atoms with Gasteiger partial charge in [-0.1, -0.05) is 35.5 Å². The highest BCUT2D eigenvalue weighted by Crippen LogP contribution is 2.28. The first-order valence-corrected chi connectivity index (χ1v) is 9.28. The highest BCUT2D eigenvalue weighted by Gasteiger charge is 2.15. The van der Waals surface area contributed by atoms with Gasteiger partial charge in [0, 0.05) is 18.0 Å². The molecule has 0 aliphatic rings. The second-order valence-electron chi connectivity index (χ2n) is 4.98. The van der Waals surface area contributed by atoms with Crippen molar-refractivity contribution in [3.05, 3.63) is 40.4 Å². The number of aryl methyl sites for hydroxylation is 1. The number of nitrogens with zero attached hydrogens (tertiary/aromatic N) is 4. The molecular formula is C15H14ClN5OS2. The first-order valence-electron chi connectivity index (χ1n) is 7.03. The van der Waals surface area contributed by atoms with Crippen molar-refractivity contribution in [1.82, 2.24) is 19.7 Å². The van der Waals surface area contributed by atoms with E-state index in [2.05, 4.69) is 20.5 Å². The molecule has 0 radical (unpaired) electrons. The third kappa shape index (κ3) is 3.77. The van der Waals surface area contributed by atoms with E-state index in [-0.39, 0.29) is 11.7 Å². The van der Waals surface area contributed by atoms with Gasteiger partial charge in [0.05, 0.1) is 16.5 Å². The van der Waals surface area contributed by atoms with Crippen molar-refractivity contribution in [3.8, 4) is 11.4 Å². The first kappa shape index (κ1) is 16.9. The molecule has 1 N–H and O–H groups in total. The lowest BCUT2D eigenvalue weighted by atomic mass is 10.2. The van der Waals surface area contributed by atoms with Crippen LogP contribution in [0, 0.1) is 6.92 Å². The van der Waals surface area contributed by atoms with Crippen LogP contribution < -0.4 is 5.32 Å². The fourth-order valence-corrected chi connectivity index (χ4v) is 3.65. The lowest BCUT2D eigenvalue weighted by Crippen LogP contribution is -2.14. The summed E-state index contributed by atoms with van der Waals surface area (Å²) in [6.45, 7) is 1.89. The maximum atomic E-state index is 12.0. The zero-order valence-electron chi connectivity index (χ0n) is 13.0. The van der Waals surface area contributed by atoms with Crippen LogP contribution in [0.1, 0.15) is 5.69 Å². The Hall–Kier alpha value is -1.90. The zero-order valence-corrected chi connectivity index (χ0v) is 15.4. The molecule has 0 atom stereocenters. The van der Waals surface area contributed by atoms with Crippen LogP contribution >= 0.6 is 34.7 Å². The van der Waals surface area contributed by atoms with Gasteiger partial charge in [-0.3, -0.25) is 4.79 Å². The van der Waals surface area contributed by atoms with E-state index in [4.69, 9.17) is 11.6 Å². The van der Waals surface area contributed by atoms with Gasteiger partial charge in [-0.2, -0.15) is 0 Å². The molecule has 1 aromatic carbocycles. The fraction of sp³-hybridized carbons (Fsp3) is 0.200. The summed E-state index contributed by atoms with van der Waals surface area (Å²) < 4.78 is 1.83. The van der Waals surface area contributed by atoms with Gasteiger partial charge in [-0.15, -0.1) is 21.5 Å². The van der Waals surface area contributed by atoms with E-state index in [1.54, 1.807) is 0 Å². The fourth-order valence-electron chi connectivity index (χ4n) is 2.01. The zero-order chi connectivity index (χ0) is 17.1. The second kappa shape index (κ2) is 7.33. The third-order valence-electron chi connectivity index (χ3n) is 3.15. The van der Waals surface area contributed by atoms with Crippen LogP contribution in [0.5, 0.6) is 0 Å². The topological polar surface area (TPSA) is 72.7 Å². The molecule has 0 aliphatic carbocycles. The van der Waals surface area contributed by atoms with Crippen molar-refractivity contribution in [1.29, 1.82) is 0 Å². The largest absolute Gasteiger partial charge is 0.305 e. The number of halogens is 1. The van der Waals surface area contributed by atoms with E-state index in [1.807, 2.05) is 48.2 Å². The first-order chi connectivity index (χ1) is 11.5. The van der Waals surface area contributed by atoms with Crippen molar-refractivity contribution in [2.75, 3.05) is 11.1 Å². The van der Waals surface area contributed by atoms with Gasteiger partial charge in [0.25, 0.3) is 0 Å². The van der Waals surface area contributed by atoms with Crippen LogP contribution in [-0.2, 0) is 11.8 Å². The minimum absolute atomic E-state index is 0.128. The quantitative estimate of drug-likeness (QED) is 0.685. The molecule has 0 unspecified atom stereocenters. The van der Waals surface area contributed by atoms with Gasteiger partial charge in [0.1, 0.15) is 0 Å². The van der Waals surface area contributed by atoms with Gasteiger partial charge in [-0.05, 0) is 19.1 Å². The van der Waals surface area contributed by atoms with Crippen LogP contribution in [0.4, 0.5) is 5.13 Å². The average molecular weight is 380 g/mol. The number of amides is 1. The maximum Gasteiger partial charge on any atom is 0.236 e. The van der Waals surface area contributed by atoms with E-state index in [0.29, 0.717) is 21.1 Å². The van der Waals surface area contributed by atoms with E-state index in [0.717, 1.165) is 11.3 Å². The number of nitrogens with one attached hydrogen (secondary N) is 1. The van der Waals surface area contributed by atoms with Gasteiger partial charge in [0.2, 0.25) is 5.91 Å². The molecule has 124 valence electrons. The number of anilines is 1. The number of hydrogen-bond donors (Lipinski definition) is 1. The average Bonchev–Trinajstić information content (AvgIpc) is 3.12. The number of aromatic nitrogens is 4. The molecule has 0 bridgehead atoms. The van der Waals surface area contributed by atoms with Crippen molar-refractivity contribution < 1.29 is 4.79 Å². The molecular weight excluding hydrogens is 366 g/mol. The number of carbonyl (C=O) groups excluding carboxylic acids is 1. The maximum absolute atomic E-state index is 12.0. The van der Waals surface area contributed by atoms with Gasteiger partial charge in [-0.25, -0.2) is 4.98 Å². The SMILES string of the molecule is Cc1csc(NC(=O)CSc2nnc(-c3ccccc3Cl)n2C)n1. The number of thiazole rings is 1. The predicted molar refractivity (Wildman–Crippen MR) is 97.7 cm³/mol. The summed E-state index contributed by atoms with van der Waals surface area (Å²) in [7, 11) is 1.85. The Morgan fingerprint density at radius 1 is 1.38 bits per heavy atom. The number of carbonyl (C=O) groups is 1. The molecule has 0 fully saturated rings. The molecule has 0 saturated carbocycles. The number of benzene rings is 1. The van der Waals surface area contributed by atoms with Crippen LogP contribution in [0.3, 0.4) is 0 Å². The summed E-state index contributed by atoms with van der Waals surface area (Å²) in [4.78, 5) is 16.2. The highest BCUT2D eigenvalue weighted by atomic mass is 35.5. The number of rotatable bonds is 5. The summed E-state index contributed by atoms with van der Waals surface area (Å²) in [5.74, 6) is 0.767. The molecule has 0 saturated heterocycles. The standard InChI is InChI=1S/C15H14ClN5OS2/c1-9-7-23-14(17-9)18-12(22)8-24-15-20-19-13(21(15)2)10-5-3-4-6-11(10)16/h3-7H,8H2,1-2H3,(H,17,18,22). The van der Waals surface area contributed by atoms with Gasteiger partial charge < -0.3 is 9.88 Å². The number of hydrogen-bond acceptors (Lipinski definition) is 6. The van der Waals surface area contributed by atoms with Crippen molar-refractivity contribution in [2.24, 2.45) is 7.05 Å². The molecule has 24 heavy (non-hydrogen) atoms. The van der Waals surface area contributed by atoms with Crippen molar-refractivity contribution in [3.63, 3.8) is 0 Å². The smallest absolute Gasteiger partial charge is 0.236 e. The Kier molecular flexibility index (Phi) is 5.17. The van der Waals surface area contributed by atoms with E-state index in [1.165, 1.54) is 23.1 Å². The monoisotopic (exact) mass is 379 g/mol. The van der Waals surface area contributed by atoms with Gasteiger partial charge in [0.15, 0.2) is 16.1 Å². The van der Waals surface area contributed by atoms with E-state index >= 15 is 0 Å². The molecule has 0 aliphatic heterocycles. The van der Waals surface area contributed by atoms with Crippen LogP contribution in [0.15, 0.2) is 34.8 Å². The molecule has 0 spiro atoms. The summed E-state index contributed by atoms with van der Waals surface area (Å²) >= 11 is 8.92. The third-order valence-corrected chi connectivity index (χ3v) is 5.37. The molecule has 6 nitrogen and oxygen atoms in total.